The molecule has 2 aromatic carbocycles. The van der Waals surface area contributed by atoms with Crippen LogP contribution >= 0.6 is 11.6 Å². The van der Waals surface area contributed by atoms with Gasteiger partial charge in [0.2, 0.25) is 0 Å². The summed E-state index contributed by atoms with van der Waals surface area (Å²) >= 11 is 5.84. The Morgan fingerprint density at radius 3 is 2.60 bits per heavy atom. The van der Waals surface area contributed by atoms with Crippen molar-refractivity contribution in [3.8, 4) is 0 Å². The summed E-state index contributed by atoms with van der Waals surface area (Å²) in [6, 6.07) is 13.0. The number of fused-ring (bicyclic) bond motifs is 1. The SMILES string of the molecule is O=C(NCCn1ncc2c(NCc3ccc(F)cc3)ncnc21)c1ccc(Cl)cc1. The standard InChI is InChI=1S/C21H18ClFN6O/c22-16-5-3-15(4-6-16)21(30)24-9-10-29-20-18(12-28-29)19(26-13-27-20)25-11-14-1-7-17(23)8-2-14/h1-8,12-13H,9-11H2,(H,24,30)(H,25,26,27). The van der Waals surface area contributed by atoms with Crippen LogP contribution in [0.4, 0.5) is 10.2 Å². The van der Waals surface area contributed by atoms with Crippen LogP contribution in [0.3, 0.4) is 0 Å². The minimum atomic E-state index is -0.271. The van der Waals surface area contributed by atoms with Gasteiger partial charge in [-0.2, -0.15) is 5.10 Å². The smallest absolute Gasteiger partial charge is 0.251 e. The number of benzene rings is 2. The summed E-state index contributed by atoms with van der Waals surface area (Å²) in [7, 11) is 0. The number of aromatic nitrogens is 4. The van der Waals surface area contributed by atoms with E-state index in [1.807, 2.05) is 0 Å². The van der Waals surface area contributed by atoms with Crippen LogP contribution in [0.5, 0.6) is 0 Å². The lowest BCUT2D eigenvalue weighted by atomic mass is 10.2. The molecule has 30 heavy (non-hydrogen) atoms. The zero-order chi connectivity index (χ0) is 20.9. The second-order valence-corrected chi connectivity index (χ2v) is 7.01. The number of halogens is 2. The van der Waals surface area contributed by atoms with Crippen LogP contribution in [0.2, 0.25) is 5.02 Å². The van der Waals surface area contributed by atoms with Crippen LogP contribution in [0.25, 0.3) is 11.0 Å². The second-order valence-electron chi connectivity index (χ2n) is 6.57. The highest BCUT2D eigenvalue weighted by atomic mass is 35.5. The zero-order valence-corrected chi connectivity index (χ0v) is 16.6. The molecule has 9 heteroatoms. The summed E-state index contributed by atoms with van der Waals surface area (Å²) in [5.74, 6) is 0.188. The molecule has 0 aliphatic heterocycles. The van der Waals surface area contributed by atoms with Gasteiger partial charge in [-0.25, -0.2) is 19.0 Å². The molecule has 0 spiro atoms. The third kappa shape index (κ3) is 4.55. The van der Waals surface area contributed by atoms with Gasteiger partial charge in [0.1, 0.15) is 18.0 Å². The summed E-state index contributed by atoms with van der Waals surface area (Å²) in [4.78, 5) is 20.8. The average Bonchev–Trinajstić information content (AvgIpc) is 3.17. The van der Waals surface area contributed by atoms with E-state index in [9.17, 15) is 9.18 Å². The normalized spacial score (nSPS) is 10.9. The third-order valence-corrected chi connectivity index (χ3v) is 4.77. The highest BCUT2D eigenvalue weighted by Crippen LogP contribution is 2.19. The molecule has 2 aromatic heterocycles. The molecule has 2 N–H and O–H groups in total. The number of hydrogen-bond donors (Lipinski definition) is 2. The van der Waals surface area contributed by atoms with Crippen molar-refractivity contribution >= 4 is 34.4 Å². The first-order chi connectivity index (χ1) is 14.6. The summed E-state index contributed by atoms with van der Waals surface area (Å²) in [6.45, 7) is 1.34. The molecule has 0 saturated heterocycles. The lowest BCUT2D eigenvalue weighted by molar-refractivity contribution is 0.0952. The van der Waals surface area contributed by atoms with Gasteiger partial charge < -0.3 is 10.6 Å². The monoisotopic (exact) mass is 424 g/mol. The number of anilines is 1. The van der Waals surface area contributed by atoms with E-state index in [2.05, 4.69) is 25.7 Å². The van der Waals surface area contributed by atoms with E-state index in [4.69, 9.17) is 11.6 Å². The molecule has 1 amide bonds. The number of nitrogens with one attached hydrogen (secondary N) is 2. The lowest BCUT2D eigenvalue weighted by Crippen LogP contribution is -2.27. The van der Waals surface area contributed by atoms with Crippen molar-refractivity contribution in [2.45, 2.75) is 13.1 Å². The van der Waals surface area contributed by atoms with E-state index in [1.54, 1.807) is 47.3 Å². The summed E-state index contributed by atoms with van der Waals surface area (Å²) < 4.78 is 14.8. The Labute approximate surface area is 176 Å². The Morgan fingerprint density at radius 2 is 1.83 bits per heavy atom. The van der Waals surface area contributed by atoms with E-state index in [1.165, 1.54) is 18.5 Å². The van der Waals surface area contributed by atoms with Crippen LogP contribution in [0, 0.1) is 5.82 Å². The van der Waals surface area contributed by atoms with Crippen LogP contribution < -0.4 is 10.6 Å². The molecule has 152 valence electrons. The molecule has 0 atom stereocenters. The zero-order valence-electron chi connectivity index (χ0n) is 15.8. The van der Waals surface area contributed by atoms with Gasteiger partial charge in [-0.15, -0.1) is 0 Å². The molecule has 2 heterocycles. The fraction of sp³-hybridized carbons (Fsp3) is 0.143. The van der Waals surface area contributed by atoms with E-state index < -0.39 is 0 Å². The van der Waals surface area contributed by atoms with Crippen LogP contribution in [0.15, 0.2) is 61.1 Å². The summed E-state index contributed by atoms with van der Waals surface area (Å²) in [6.07, 6.45) is 3.14. The van der Waals surface area contributed by atoms with Crippen molar-refractivity contribution < 1.29 is 9.18 Å². The minimum absolute atomic E-state index is 0.181. The lowest BCUT2D eigenvalue weighted by Gasteiger charge is -2.08. The molecule has 4 aromatic rings. The molecule has 0 saturated carbocycles. The fourth-order valence-electron chi connectivity index (χ4n) is 2.96. The molecule has 0 unspecified atom stereocenters. The van der Waals surface area contributed by atoms with E-state index in [0.29, 0.717) is 41.7 Å². The van der Waals surface area contributed by atoms with Gasteiger partial charge in [0.05, 0.1) is 18.1 Å². The molecule has 0 aliphatic rings. The number of carbonyl (C=O) groups excluding carboxylic acids is 1. The van der Waals surface area contributed by atoms with Gasteiger partial charge >= 0.3 is 0 Å². The predicted octanol–water partition coefficient (Wildman–Crippen LogP) is 3.66. The number of nitrogens with zero attached hydrogens (tertiary/aromatic N) is 4. The third-order valence-electron chi connectivity index (χ3n) is 4.52. The molecule has 0 fully saturated rings. The summed E-state index contributed by atoms with van der Waals surface area (Å²) in [5, 5.41) is 11.8. The number of hydrogen-bond acceptors (Lipinski definition) is 5. The topological polar surface area (TPSA) is 84.7 Å². The molecule has 0 bridgehead atoms. The van der Waals surface area contributed by atoms with Gasteiger partial charge in [0.15, 0.2) is 5.65 Å². The molecular weight excluding hydrogens is 407 g/mol. The van der Waals surface area contributed by atoms with Crippen LogP contribution in [0.1, 0.15) is 15.9 Å². The van der Waals surface area contributed by atoms with E-state index in [0.717, 1.165) is 10.9 Å². The Balaban J connectivity index is 1.39. The Kier molecular flexibility index (Phi) is 5.85. The summed E-state index contributed by atoms with van der Waals surface area (Å²) in [5.41, 5.74) is 2.13. The molecule has 0 aliphatic carbocycles. The van der Waals surface area contributed by atoms with Gasteiger partial charge in [-0.1, -0.05) is 23.7 Å². The Morgan fingerprint density at radius 1 is 1.07 bits per heavy atom. The van der Waals surface area contributed by atoms with Crippen molar-refractivity contribution in [2.75, 3.05) is 11.9 Å². The molecule has 0 radical (unpaired) electrons. The van der Waals surface area contributed by atoms with Crippen molar-refractivity contribution in [3.63, 3.8) is 0 Å². The van der Waals surface area contributed by atoms with Crippen molar-refractivity contribution in [1.82, 2.24) is 25.1 Å². The maximum absolute atomic E-state index is 13.0. The van der Waals surface area contributed by atoms with Gasteiger partial charge in [-0.05, 0) is 42.0 Å². The maximum atomic E-state index is 13.0. The minimum Gasteiger partial charge on any atom is -0.365 e. The number of rotatable bonds is 7. The van der Waals surface area contributed by atoms with Crippen LogP contribution in [-0.4, -0.2) is 32.2 Å². The fourth-order valence-corrected chi connectivity index (χ4v) is 3.09. The molecule has 4 rings (SSSR count). The maximum Gasteiger partial charge on any atom is 0.251 e. The van der Waals surface area contributed by atoms with Gasteiger partial charge in [-0.3, -0.25) is 4.79 Å². The van der Waals surface area contributed by atoms with Crippen molar-refractivity contribution in [1.29, 1.82) is 0 Å². The van der Waals surface area contributed by atoms with Gasteiger partial charge in [0, 0.05) is 23.7 Å². The van der Waals surface area contributed by atoms with Crippen molar-refractivity contribution in [2.24, 2.45) is 0 Å². The first-order valence-electron chi connectivity index (χ1n) is 9.29. The number of amides is 1. The average molecular weight is 425 g/mol. The van der Waals surface area contributed by atoms with E-state index >= 15 is 0 Å². The predicted molar refractivity (Wildman–Crippen MR) is 113 cm³/mol. The quantitative estimate of drug-likeness (QED) is 0.473. The van der Waals surface area contributed by atoms with Crippen LogP contribution in [-0.2, 0) is 13.1 Å². The number of carbonyl (C=O) groups is 1. The second kappa shape index (κ2) is 8.87. The Bertz CT molecular complexity index is 1160. The first kappa shape index (κ1) is 19.8. The van der Waals surface area contributed by atoms with E-state index in [-0.39, 0.29) is 11.7 Å². The molecule has 7 nitrogen and oxygen atoms in total. The first-order valence-corrected chi connectivity index (χ1v) is 9.66. The largest absolute Gasteiger partial charge is 0.365 e. The van der Waals surface area contributed by atoms with Gasteiger partial charge in [0.25, 0.3) is 5.91 Å². The highest BCUT2D eigenvalue weighted by Gasteiger charge is 2.10. The highest BCUT2D eigenvalue weighted by molar-refractivity contribution is 6.30. The Hall–Kier alpha value is -3.52. The molecular formula is C21H18ClFN6O. The van der Waals surface area contributed by atoms with Crippen molar-refractivity contribution in [3.05, 3.63) is 83.0 Å².